The number of carbonyl (C=O) groups is 2. The third-order valence-electron chi connectivity index (χ3n) is 2.12. The first-order chi connectivity index (χ1) is 6.65. The van der Waals surface area contributed by atoms with E-state index in [0.29, 0.717) is 0 Å². The molecule has 8 heteroatoms. The summed E-state index contributed by atoms with van der Waals surface area (Å²) in [5.41, 5.74) is -2.51. The van der Waals surface area contributed by atoms with Crippen LogP contribution in [-0.2, 0) is 9.59 Å². The lowest BCUT2D eigenvalue weighted by molar-refractivity contribution is -0.178. The van der Waals surface area contributed by atoms with E-state index in [1.807, 2.05) is 0 Å². The Morgan fingerprint density at radius 3 is 2.13 bits per heavy atom. The molecule has 0 saturated heterocycles. The third kappa shape index (κ3) is 2.37. The predicted octanol–water partition coefficient (Wildman–Crippen LogP) is 0.620. The van der Waals surface area contributed by atoms with Gasteiger partial charge in [0.15, 0.2) is 0 Å². The van der Waals surface area contributed by atoms with E-state index in [9.17, 15) is 27.2 Å². The number of halogens is 4. The van der Waals surface area contributed by atoms with Crippen LogP contribution in [-0.4, -0.2) is 34.9 Å². The second kappa shape index (κ2) is 3.35. The lowest BCUT2D eigenvalue weighted by atomic mass is 9.77. The number of carbonyl (C=O) groups excluding carboxylic acids is 1. The molecule has 1 rings (SSSR count). The first kappa shape index (κ1) is 11.7. The van der Waals surface area contributed by atoms with E-state index >= 15 is 0 Å². The lowest BCUT2D eigenvalue weighted by Crippen LogP contribution is -2.58. The number of amides is 1. The molecule has 0 radical (unpaired) electrons. The van der Waals surface area contributed by atoms with Crippen LogP contribution in [0.2, 0.25) is 0 Å². The fraction of sp³-hybridized carbons (Fsp3) is 0.714. The molecule has 0 aliphatic heterocycles. The summed E-state index contributed by atoms with van der Waals surface area (Å²) in [7, 11) is 0. The van der Waals surface area contributed by atoms with Gasteiger partial charge in [-0.15, -0.1) is 0 Å². The van der Waals surface area contributed by atoms with Crippen LogP contribution in [0.25, 0.3) is 0 Å². The Bertz CT molecular complexity index is 295. The maximum atomic E-state index is 13.0. The summed E-state index contributed by atoms with van der Waals surface area (Å²) in [6.07, 6.45) is -6.30. The summed E-state index contributed by atoms with van der Waals surface area (Å²) in [6.45, 7) is 0. The zero-order valence-corrected chi connectivity index (χ0v) is 7.27. The van der Waals surface area contributed by atoms with Crippen LogP contribution in [0.1, 0.15) is 12.8 Å². The Morgan fingerprint density at radius 1 is 1.33 bits per heavy atom. The molecule has 0 unspecified atom stereocenters. The van der Waals surface area contributed by atoms with Gasteiger partial charge in [-0.3, -0.25) is 4.79 Å². The zero-order chi connectivity index (χ0) is 11.9. The van der Waals surface area contributed by atoms with Gasteiger partial charge < -0.3 is 10.4 Å². The Kier molecular flexibility index (Phi) is 2.62. The summed E-state index contributed by atoms with van der Waals surface area (Å²) >= 11 is 0. The first-order valence-electron chi connectivity index (χ1n) is 3.95. The minimum atomic E-state index is -5.03. The van der Waals surface area contributed by atoms with Crippen LogP contribution in [0.3, 0.4) is 0 Å². The van der Waals surface area contributed by atoms with Crippen LogP contribution < -0.4 is 5.32 Å². The topological polar surface area (TPSA) is 66.4 Å². The van der Waals surface area contributed by atoms with Crippen molar-refractivity contribution < 1.29 is 32.3 Å². The molecule has 0 aromatic rings. The van der Waals surface area contributed by atoms with Crippen LogP contribution in [0, 0.1) is 0 Å². The largest absolute Gasteiger partial charge is 0.479 e. The van der Waals surface area contributed by atoms with Crippen molar-refractivity contribution in [1.82, 2.24) is 5.32 Å². The highest BCUT2D eigenvalue weighted by molar-refractivity contribution is 5.83. The quantitative estimate of drug-likeness (QED) is 0.682. The van der Waals surface area contributed by atoms with Gasteiger partial charge in [0.1, 0.15) is 0 Å². The summed E-state index contributed by atoms with van der Waals surface area (Å²) in [6, 6.07) is -1.07. The van der Waals surface area contributed by atoms with Gasteiger partial charge in [0.25, 0.3) is 0 Å². The molecule has 1 aliphatic carbocycles. The highest BCUT2D eigenvalue weighted by Gasteiger charge is 2.53. The van der Waals surface area contributed by atoms with Crippen LogP contribution >= 0.6 is 0 Å². The molecule has 15 heavy (non-hydrogen) atoms. The van der Waals surface area contributed by atoms with Crippen molar-refractivity contribution in [2.75, 3.05) is 0 Å². The molecule has 2 N–H and O–H groups in total. The summed E-state index contributed by atoms with van der Waals surface area (Å²) in [5, 5.41) is 9.79. The van der Waals surface area contributed by atoms with Crippen LogP contribution in [0.4, 0.5) is 17.6 Å². The van der Waals surface area contributed by atoms with Crippen molar-refractivity contribution in [1.29, 1.82) is 0 Å². The number of hydrogen-bond acceptors (Lipinski definition) is 2. The van der Waals surface area contributed by atoms with Crippen molar-refractivity contribution in [3.8, 4) is 0 Å². The third-order valence-corrected chi connectivity index (χ3v) is 2.12. The maximum Gasteiger partial charge on any atom is 0.471 e. The van der Waals surface area contributed by atoms with Crippen molar-refractivity contribution in [3.63, 3.8) is 0 Å². The Balaban J connectivity index is 2.42. The molecule has 0 aromatic heterocycles. The van der Waals surface area contributed by atoms with E-state index in [4.69, 9.17) is 5.11 Å². The van der Waals surface area contributed by atoms with Crippen molar-refractivity contribution in [2.45, 2.75) is 30.7 Å². The predicted molar refractivity (Wildman–Crippen MR) is 38.7 cm³/mol. The number of carboxylic acids is 1. The molecule has 0 spiro atoms. The van der Waals surface area contributed by atoms with E-state index in [-0.39, 0.29) is 0 Å². The number of carboxylic acid groups (broad SMARTS) is 1. The highest BCUT2D eigenvalue weighted by Crippen LogP contribution is 2.36. The molecule has 1 fully saturated rings. The van der Waals surface area contributed by atoms with E-state index in [1.54, 1.807) is 0 Å². The molecule has 0 atom stereocenters. The highest BCUT2D eigenvalue weighted by atomic mass is 19.4. The SMILES string of the molecule is O=C(NC1CC(F)(C(=O)O)C1)C(F)(F)F. The number of rotatable bonds is 2. The summed E-state index contributed by atoms with van der Waals surface area (Å²) < 4.78 is 48.1. The maximum absolute atomic E-state index is 13.0. The Labute approximate surface area is 81.3 Å². The molecular formula is C7H7F4NO3. The van der Waals surface area contributed by atoms with Crippen LogP contribution in [0.5, 0.6) is 0 Å². The fourth-order valence-electron chi connectivity index (χ4n) is 1.27. The molecule has 86 valence electrons. The number of alkyl halides is 4. The second-order valence-corrected chi connectivity index (χ2v) is 3.35. The van der Waals surface area contributed by atoms with E-state index in [2.05, 4.69) is 0 Å². The molecule has 1 saturated carbocycles. The monoisotopic (exact) mass is 229 g/mol. The van der Waals surface area contributed by atoms with Crippen molar-refractivity contribution in [3.05, 3.63) is 0 Å². The normalized spacial score (nSPS) is 30.5. The number of hydrogen-bond donors (Lipinski definition) is 2. The second-order valence-electron chi connectivity index (χ2n) is 3.35. The smallest absolute Gasteiger partial charge is 0.471 e. The number of nitrogens with one attached hydrogen (secondary N) is 1. The first-order valence-corrected chi connectivity index (χ1v) is 3.95. The Hall–Kier alpha value is -1.34. The van der Waals surface area contributed by atoms with Gasteiger partial charge in [0, 0.05) is 18.9 Å². The molecule has 0 heterocycles. The molecule has 4 nitrogen and oxygen atoms in total. The molecule has 1 aliphatic rings. The van der Waals surface area contributed by atoms with E-state index < -0.39 is 42.6 Å². The molecule has 0 bridgehead atoms. The molecule has 0 aromatic carbocycles. The van der Waals surface area contributed by atoms with E-state index in [1.165, 1.54) is 5.32 Å². The average molecular weight is 229 g/mol. The minimum absolute atomic E-state index is 0.635. The van der Waals surface area contributed by atoms with Gasteiger partial charge in [-0.05, 0) is 0 Å². The minimum Gasteiger partial charge on any atom is -0.479 e. The van der Waals surface area contributed by atoms with Gasteiger partial charge in [0.2, 0.25) is 5.67 Å². The molecular weight excluding hydrogens is 222 g/mol. The fourth-order valence-corrected chi connectivity index (χ4v) is 1.27. The van der Waals surface area contributed by atoms with E-state index in [0.717, 1.165) is 0 Å². The Morgan fingerprint density at radius 2 is 1.80 bits per heavy atom. The standard InChI is InChI=1S/C7H7F4NO3/c8-6(5(14)15)1-3(2-6)12-4(13)7(9,10)11/h3H,1-2H2,(H,12,13)(H,14,15). The zero-order valence-electron chi connectivity index (χ0n) is 7.27. The van der Waals surface area contributed by atoms with Crippen molar-refractivity contribution >= 4 is 11.9 Å². The van der Waals surface area contributed by atoms with Gasteiger partial charge in [-0.2, -0.15) is 13.2 Å². The van der Waals surface area contributed by atoms with Gasteiger partial charge >= 0.3 is 18.1 Å². The van der Waals surface area contributed by atoms with Gasteiger partial charge in [-0.1, -0.05) is 0 Å². The summed E-state index contributed by atoms with van der Waals surface area (Å²) in [4.78, 5) is 20.6. The number of aliphatic carboxylic acids is 1. The molecule has 1 amide bonds. The van der Waals surface area contributed by atoms with Crippen molar-refractivity contribution in [2.24, 2.45) is 0 Å². The lowest BCUT2D eigenvalue weighted by Gasteiger charge is -2.38. The van der Waals surface area contributed by atoms with Gasteiger partial charge in [-0.25, -0.2) is 9.18 Å². The van der Waals surface area contributed by atoms with Gasteiger partial charge in [0.05, 0.1) is 0 Å². The summed E-state index contributed by atoms with van der Waals surface area (Å²) in [5.74, 6) is -3.90. The average Bonchev–Trinajstić information content (AvgIpc) is 1.98. The van der Waals surface area contributed by atoms with Crippen LogP contribution in [0.15, 0.2) is 0 Å².